The van der Waals surface area contributed by atoms with Crippen molar-refractivity contribution >= 4 is 11.9 Å². The summed E-state index contributed by atoms with van der Waals surface area (Å²) >= 11 is 0. The lowest BCUT2D eigenvalue weighted by Crippen LogP contribution is -2.57. The van der Waals surface area contributed by atoms with Gasteiger partial charge >= 0.3 is 11.9 Å². The van der Waals surface area contributed by atoms with E-state index in [1.807, 2.05) is 72.8 Å². The van der Waals surface area contributed by atoms with E-state index in [0.717, 1.165) is 83.8 Å². The van der Waals surface area contributed by atoms with E-state index in [4.69, 9.17) is 9.47 Å². The van der Waals surface area contributed by atoms with Gasteiger partial charge in [-0.1, -0.05) is 109 Å². The number of phenols is 2. The second-order valence-corrected chi connectivity index (χ2v) is 21.2. The van der Waals surface area contributed by atoms with Crippen LogP contribution >= 0.6 is 0 Å². The zero-order valence-corrected chi connectivity index (χ0v) is 47.4. The zero-order valence-electron chi connectivity index (χ0n) is 47.4. The number of tetrazole rings is 2. The minimum absolute atomic E-state index is 0.0175. The first kappa shape index (κ1) is 58.0. The fourth-order valence-electron chi connectivity index (χ4n) is 11.2. The molecule has 6 aromatic carbocycles. The quantitative estimate of drug-likeness (QED) is 0.0610. The molecule has 82 heavy (non-hydrogen) atoms. The molecule has 8 aromatic rings. The Morgan fingerprint density at radius 1 is 0.561 bits per heavy atom. The number of phenolic OH excluding ortho intramolecular Hbond substituents is 2. The summed E-state index contributed by atoms with van der Waals surface area (Å²) < 4.78 is 11.3. The third kappa shape index (κ3) is 13.7. The molecule has 0 bridgehead atoms. The molecule has 10 rings (SSSR count). The highest BCUT2D eigenvalue weighted by molar-refractivity contribution is 5.89. The second kappa shape index (κ2) is 26.7. The van der Waals surface area contributed by atoms with E-state index in [-0.39, 0.29) is 35.5 Å². The molecule has 0 unspecified atom stereocenters. The Kier molecular flexibility index (Phi) is 18.9. The molecule has 0 radical (unpaired) electrons. The van der Waals surface area contributed by atoms with Crippen molar-refractivity contribution in [3.8, 4) is 34.3 Å². The number of esters is 2. The van der Waals surface area contributed by atoms with E-state index in [1.54, 1.807) is 41.1 Å². The van der Waals surface area contributed by atoms with Gasteiger partial charge in [0.2, 0.25) is 5.82 Å². The van der Waals surface area contributed by atoms with Crippen molar-refractivity contribution in [2.45, 2.75) is 77.0 Å². The van der Waals surface area contributed by atoms with E-state index in [1.165, 1.54) is 19.0 Å². The van der Waals surface area contributed by atoms with Crippen LogP contribution in [0.4, 0.5) is 0 Å². The van der Waals surface area contributed by atoms with Crippen molar-refractivity contribution in [3.05, 3.63) is 215 Å². The van der Waals surface area contributed by atoms with Gasteiger partial charge in [0.25, 0.3) is 0 Å². The predicted molar refractivity (Wildman–Crippen MR) is 315 cm³/mol. The summed E-state index contributed by atoms with van der Waals surface area (Å²) in [5, 5.41) is 46.1. The minimum atomic E-state index is -0.369. The Morgan fingerprint density at radius 3 is 1.48 bits per heavy atom. The van der Waals surface area contributed by atoms with Gasteiger partial charge in [0.1, 0.15) is 11.5 Å². The van der Waals surface area contributed by atoms with Crippen LogP contribution in [0.25, 0.3) is 22.8 Å². The van der Waals surface area contributed by atoms with Crippen LogP contribution < -0.4 is 0 Å². The van der Waals surface area contributed by atoms with Gasteiger partial charge in [-0.2, -0.15) is 4.80 Å². The largest absolute Gasteiger partial charge is 0.508 e. The van der Waals surface area contributed by atoms with Gasteiger partial charge in [0.05, 0.1) is 50.5 Å². The van der Waals surface area contributed by atoms with Crippen molar-refractivity contribution in [3.63, 3.8) is 0 Å². The van der Waals surface area contributed by atoms with E-state index in [0.29, 0.717) is 60.0 Å². The molecule has 2 saturated heterocycles. The van der Waals surface area contributed by atoms with Gasteiger partial charge in [-0.3, -0.25) is 19.6 Å². The summed E-state index contributed by atoms with van der Waals surface area (Å²) in [5.74, 6) is 0.974. The second-order valence-electron chi connectivity index (χ2n) is 21.2. The van der Waals surface area contributed by atoms with Crippen molar-refractivity contribution in [1.29, 1.82) is 0 Å². The highest BCUT2D eigenvalue weighted by Crippen LogP contribution is 2.37. The summed E-state index contributed by atoms with van der Waals surface area (Å²) in [4.78, 5) is 34.9. The van der Waals surface area contributed by atoms with Crippen LogP contribution in [0.3, 0.4) is 0 Å². The first-order chi connectivity index (χ1) is 39.7. The number of carbonyl (C=O) groups excluding carboxylic acids is 2. The molecule has 0 amide bonds. The Labute approximate surface area is 479 Å². The van der Waals surface area contributed by atoms with Crippen LogP contribution in [-0.2, 0) is 22.6 Å². The van der Waals surface area contributed by atoms with Crippen LogP contribution in [-0.4, -0.2) is 160 Å². The SMILES string of the molecule is C=CCN1C[C@H](C)N([C@H](c2ccc(-c3nnn(Cc4ccc(C(=O)OC)cc4)n3)cc2)c2cccc(O)c2)C[C@H]1C.C=CCN1C[C@H](C)N([C@H](c2ccc(-c3nnnn3Cc3ccc(C(=O)OC)cc3)cc2)c2cccc(O)c2)C[C@H]1C. The third-order valence-corrected chi connectivity index (χ3v) is 15.4. The number of ether oxygens (including phenoxy) is 2. The molecule has 2 fully saturated rings. The van der Waals surface area contributed by atoms with Gasteiger partial charge in [-0.25, -0.2) is 14.3 Å². The maximum atomic E-state index is 11.8. The predicted octanol–water partition coefficient (Wildman–Crippen LogP) is 9.10. The lowest BCUT2D eigenvalue weighted by molar-refractivity contribution is 0.0306. The maximum Gasteiger partial charge on any atom is 0.337 e. The fraction of sp³-hybridized carbons (Fsp3) is 0.312. The molecule has 18 heteroatoms. The van der Waals surface area contributed by atoms with Crippen LogP contribution in [0.2, 0.25) is 0 Å². The number of rotatable bonds is 18. The molecule has 2 aliphatic heterocycles. The normalized spacial score (nSPS) is 18.6. The van der Waals surface area contributed by atoms with Gasteiger partial charge in [0, 0.05) is 74.6 Å². The minimum Gasteiger partial charge on any atom is -0.508 e. The average molecular weight is 1110 g/mol. The molecule has 2 N–H and O–H groups in total. The van der Waals surface area contributed by atoms with Crippen LogP contribution in [0, 0.1) is 0 Å². The standard InChI is InChI=1S/2C32H36N6O3/c1-5-17-36-19-23(3)37(20-22(36)2)30(28-7-6-8-29(39)18-28)25-13-15-26(16-14-25)31-33-34-35-38(31)21-24-9-11-27(12-10-24)32(40)41-4;1-5-17-36-19-23(3)37(20-22(36)2)30(28-7-6-8-29(39)18-28)25-13-15-26(16-14-25)31-33-35-38(34-31)21-24-9-11-27(12-10-24)32(40)41-4/h2*5-16,18,22-23,30,39H,1,17,19-21H2,2-4H3/t2*22-,23+,30-/m11/s1. The molecule has 2 aliphatic rings. The molecule has 4 heterocycles. The van der Waals surface area contributed by atoms with Crippen molar-refractivity contribution in [1.82, 2.24) is 60.0 Å². The number of piperazine rings is 2. The van der Waals surface area contributed by atoms with Crippen molar-refractivity contribution < 1.29 is 29.3 Å². The molecule has 6 atom stereocenters. The first-order valence-corrected chi connectivity index (χ1v) is 27.6. The topological polar surface area (TPSA) is 193 Å². The number of hydrogen-bond donors (Lipinski definition) is 2. The molecule has 2 aromatic heterocycles. The summed E-state index contributed by atoms with van der Waals surface area (Å²) in [6, 6.07) is 47.4. The van der Waals surface area contributed by atoms with Crippen LogP contribution in [0.15, 0.2) is 171 Å². The fourth-order valence-corrected chi connectivity index (χ4v) is 11.2. The van der Waals surface area contributed by atoms with Gasteiger partial charge in [0.15, 0.2) is 5.82 Å². The molecule has 424 valence electrons. The monoisotopic (exact) mass is 1100 g/mol. The summed E-state index contributed by atoms with van der Waals surface area (Å²) in [7, 11) is 2.73. The lowest BCUT2D eigenvalue weighted by atomic mass is 9.92. The number of carbonyl (C=O) groups is 2. The maximum absolute atomic E-state index is 11.8. The zero-order chi connectivity index (χ0) is 57.9. The molecular formula is C64H72N12O6. The number of benzene rings is 6. The molecule has 0 spiro atoms. The van der Waals surface area contributed by atoms with E-state index in [9.17, 15) is 19.8 Å². The number of hydrogen-bond acceptors (Lipinski definition) is 16. The molecule has 0 saturated carbocycles. The van der Waals surface area contributed by atoms with Gasteiger partial charge in [-0.15, -0.1) is 28.5 Å². The summed E-state index contributed by atoms with van der Waals surface area (Å²) in [6.07, 6.45) is 3.94. The average Bonchev–Trinajstić information content (AvgIpc) is 4.28. The van der Waals surface area contributed by atoms with Crippen LogP contribution in [0.5, 0.6) is 11.5 Å². The molecule has 0 aliphatic carbocycles. The highest BCUT2D eigenvalue weighted by Gasteiger charge is 2.36. The number of nitrogens with zero attached hydrogens (tertiary/aromatic N) is 12. The first-order valence-electron chi connectivity index (χ1n) is 27.6. The van der Waals surface area contributed by atoms with E-state index >= 15 is 0 Å². The number of aromatic hydroxyl groups is 2. The highest BCUT2D eigenvalue weighted by atomic mass is 16.5. The van der Waals surface area contributed by atoms with Crippen molar-refractivity contribution in [2.75, 3.05) is 53.5 Å². The van der Waals surface area contributed by atoms with Crippen LogP contribution in [0.1, 0.15) is 93.9 Å². The Bertz CT molecular complexity index is 3420. The van der Waals surface area contributed by atoms with E-state index < -0.39 is 0 Å². The molecular weight excluding hydrogens is 1030 g/mol. The Balaban J connectivity index is 0.000000198. The number of aromatic nitrogens is 8. The summed E-state index contributed by atoms with van der Waals surface area (Å²) in [5.41, 5.74) is 9.04. The summed E-state index contributed by atoms with van der Waals surface area (Å²) in [6.45, 7) is 23.2. The molecule has 18 nitrogen and oxygen atoms in total. The van der Waals surface area contributed by atoms with Gasteiger partial charge in [-0.05, 0) is 125 Å². The Hall–Kier alpha value is -8.68. The Morgan fingerprint density at radius 2 is 1.02 bits per heavy atom. The van der Waals surface area contributed by atoms with E-state index in [2.05, 4.69) is 140 Å². The third-order valence-electron chi connectivity index (χ3n) is 15.4. The lowest BCUT2D eigenvalue weighted by Gasteiger charge is -2.47. The van der Waals surface area contributed by atoms with Crippen molar-refractivity contribution in [2.24, 2.45) is 0 Å². The smallest absolute Gasteiger partial charge is 0.337 e. The van der Waals surface area contributed by atoms with Gasteiger partial charge < -0.3 is 19.7 Å². The number of methoxy groups -OCH3 is 2.